The van der Waals surface area contributed by atoms with Crippen LogP contribution in [-0.2, 0) is 0 Å². The molecule has 0 aromatic carbocycles. The van der Waals surface area contributed by atoms with Crippen molar-refractivity contribution in [2.24, 2.45) is 11.8 Å². The smallest absolute Gasteiger partial charge is 0.0220 e. The summed E-state index contributed by atoms with van der Waals surface area (Å²) in [5, 5.41) is 5.27. The molecule has 88 valence electrons. The van der Waals surface area contributed by atoms with E-state index in [-0.39, 0.29) is 0 Å². The van der Waals surface area contributed by atoms with Crippen molar-refractivity contribution in [2.45, 2.75) is 52.5 Å². The molecule has 2 saturated heterocycles. The highest BCUT2D eigenvalue weighted by atomic mass is 15.6. The molecule has 2 unspecified atom stereocenters. The van der Waals surface area contributed by atoms with Crippen LogP contribution in [0.2, 0.25) is 0 Å². The van der Waals surface area contributed by atoms with E-state index in [4.69, 9.17) is 0 Å². The van der Waals surface area contributed by atoms with Crippen LogP contribution >= 0.6 is 0 Å². The van der Waals surface area contributed by atoms with Gasteiger partial charge in [-0.2, -0.15) is 0 Å². The second kappa shape index (κ2) is 4.84. The lowest BCUT2D eigenvalue weighted by Gasteiger charge is -2.46. The van der Waals surface area contributed by atoms with E-state index in [0.717, 1.165) is 17.9 Å². The molecule has 2 heteroatoms. The van der Waals surface area contributed by atoms with Crippen LogP contribution in [0.4, 0.5) is 0 Å². The Balaban J connectivity index is 1.87. The Morgan fingerprint density at radius 2 is 1.40 bits per heavy atom. The van der Waals surface area contributed by atoms with E-state index in [0.29, 0.717) is 0 Å². The Hall–Kier alpha value is -0.0800. The van der Waals surface area contributed by atoms with Gasteiger partial charge in [0, 0.05) is 25.7 Å². The number of hydrazine groups is 1. The third-order valence-electron chi connectivity index (χ3n) is 4.23. The topological polar surface area (TPSA) is 6.48 Å². The summed E-state index contributed by atoms with van der Waals surface area (Å²) in [5.41, 5.74) is 0. The number of piperidine rings is 2. The fourth-order valence-electron chi connectivity index (χ4n) is 3.07. The maximum absolute atomic E-state index is 2.64. The van der Waals surface area contributed by atoms with Gasteiger partial charge in [0.15, 0.2) is 0 Å². The molecule has 2 rings (SSSR count). The first-order chi connectivity index (χ1) is 7.16. The molecule has 0 spiro atoms. The minimum absolute atomic E-state index is 0.766. The molecule has 0 saturated carbocycles. The molecule has 0 aromatic heterocycles. The fourth-order valence-corrected chi connectivity index (χ4v) is 3.07. The number of hydrogen-bond acceptors (Lipinski definition) is 2. The van der Waals surface area contributed by atoms with Gasteiger partial charge in [-0.25, -0.2) is 10.0 Å². The lowest BCUT2D eigenvalue weighted by Crippen LogP contribution is -2.53. The van der Waals surface area contributed by atoms with E-state index in [2.05, 4.69) is 30.8 Å². The van der Waals surface area contributed by atoms with Crippen LogP contribution in [0.5, 0.6) is 0 Å². The third-order valence-corrected chi connectivity index (χ3v) is 4.23. The summed E-state index contributed by atoms with van der Waals surface area (Å²) in [6.07, 6.45) is 5.54. The van der Waals surface area contributed by atoms with E-state index in [9.17, 15) is 0 Å². The number of rotatable bonds is 1. The summed E-state index contributed by atoms with van der Waals surface area (Å²) >= 11 is 0. The van der Waals surface area contributed by atoms with Crippen LogP contribution in [-0.4, -0.2) is 35.7 Å². The molecule has 15 heavy (non-hydrogen) atoms. The van der Waals surface area contributed by atoms with Gasteiger partial charge in [-0.1, -0.05) is 13.8 Å². The molecular weight excluding hydrogens is 184 g/mol. The highest BCUT2D eigenvalue weighted by molar-refractivity contribution is 4.78. The molecule has 2 atom stereocenters. The van der Waals surface area contributed by atoms with Crippen LogP contribution in [0, 0.1) is 11.8 Å². The Kier molecular flexibility index (Phi) is 3.68. The Morgan fingerprint density at radius 1 is 0.800 bits per heavy atom. The van der Waals surface area contributed by atoms with E-state index in [1.165, 1.54) is 45.3 Å². The van der Waals surface area contributed by atoms with Crippen LogP contribution in [0.3, 0.4) is 0 Å². The number of hydrogen-bond donors (Lipinski definition) is 0. The molecule has 0 aromatic rings. The molecule has 0 aliphatic carbocycles. The highest BCUT2D eigenvalue weighted by Gasteiger charge is 2.29. The lowest BCUT2D eigenvalue weighted by atomic mass is 9.94. The van der Waals surface area contributed by atoms with Crippen molar-refractivity contribution in [2.75, 3.05) is 19.6 Å². The highest BCUT2D eigenvalue weighted by Crippen LogP contribution is 2.26. The van der Waals surface area contributed by atoms with Gasteiger partial charge < -0.3 is 0 Å². The zero-order chi connectivity index (χ0) is 10.8. The van der Waals surface area contributed by atoms with Crippen LogP contribution < -0.4 is 0 Å². The second-order valence-electron chi connectivity index (χ2n) is 5.78. The molecule has 2 aliphatic heterocycles. The summed E-state index contributed by atoms with van der Waals surface area (Å²) in [5.74, 6) is 1.88. The van der Waals surface area contributed by atoms with Gasteiger partial charge in [0.25, 0.3) is 0 Å². The maximum Gasteiger partial charge on any atom is 0.0220 e. The van der Waals surface area contributed by atoms with Gasteiger partial charge in [-0.3, -0.25) is 0 Å². The van der Waals surface area contributed by atoms with Crippen molar-refractivity contribution in [3.63, 3.8) is 0 Å². The molecule has 0 amide bonds. The lowest BCUT2D eigenvalue weighted by molar-refractivity contribution is -0.0972. The van der Waals surface area contributed by atoms with Crippen molar-refractivity contribution in [1.82, 2.24) is 10.0 Å². The fraction of sp³-hybridized carbons (Fsp3) is 1.00. The first-order valence-corrected chi connectivity index (χ1v) is 6.68. The first-order valence-electron chi connectivity index (χ1n) is 6.68. The summed E-state index contributed by atoms with van der Waals surface area (Å²) in [6, 6.07) is 0.766. The van der Waals surface area contributed by atoms with E-state index in [1.54, 1.807) is 0 Å². The predicted molar refractivity (Wildman–Crippen MR) is 64.5 cm³/mol. The Bertz CT molecular complexity index is 197. The molecule has 0 bridgehead atoms. The molecule has 2 nitrogen and oxygen atoms in total. The minimum Gasteiger partial charge on any atom is -0.242 e. The van der Waals surface area contributed by atoms with Crippen LogP contribution in [0.25, 0.3) is 0 Å². The van der Waals surface area contributed by atoms with Crippen molar-refractivity contribution in [3.8, 4) is 0 Å². The average Bonchev–Trinajstić information content (AvgIpc) is 2.20. The van der Waals surface area contributed by atoms with Crippen molar-refractivity contribution in [1.29, 1.82) is 0 Å². The van der Waals surface area contributed by atoms with Crippen LogP contribution in [0.1, 0.15) is 46.5 Å². The van der Waals surface area contributed by atoms with Crippen molar-refractivity contribution < 1.29 is 0 Å². The molecule has 2 fully saturated rings. The summed E-state index contributed by atoms with van der Waals surface area (Å²) in [4.78, 5) is 0. The van der Waals surface area contributed by atoms with Gasteiger partial charge >= 0.3 is 0 Å². The molecular formula is C13H26N2. The van der Waals surface area contributed by atoms with Crippen molar-refractivity contribution in [3.05, 3.63) is 0 Å². The molecule has 2 aliphatic rings. The van der Waals surface area contributed by atoms with Gasteiger partial charge in [-0.15, -0.1) is 0 Å². The van der Waals surface area contributed by atoms with Gasteiger partial charge in [0.05, 0.1) is 0 Å². The van der Waals surface area contributed by atoms with E-state index in [1.807, 2.05) is 0 Å². The monoisotopic (exact) mass is 210 g/mol. The minimum atomic E-state index is 0.766. The molecule has 2 heterocycles. The quantitative estimate of drug-likeness (QED) is 0.656. The SMILES string of the molecule is CC1CCN(N2CCC(C)CC2C)CC1. The maximum atomic E-state index is 2.64. The van der Waals surface area contributed by atoms with E-state index >= 15 is 0 Å². The molecule has 0 radical (unpaired) electrons. The van der Waals surface area contributed by atoms with Crippen LogP contribution in [0.15, 0.2) is 0 Å². The van der Waals surface area contributed by atoms with Gasteiger partial charge in [-0.05, 0) is 44.4 Å². The molecule has 0 N–H and O–H groups in total. The zero-order valence-corrected chi connectivity index (χ0v) is 10.6. The summed E-state index contributed by atoms with van der Waals surface area (Å²) in [7, 11) is 0. The average molecular weight is 210 g/mol. The second-order valence-corrected chi connectivity index (χ2v) is 5.78. The summed E-state index contributed by atoms with van der Waals surface area (Å²) < 4.78 is 0. The predicted octanol–water partition coefficient (Wildman–Crippen LogP) is 2.75. The largest absolute Gasteiger partial charge is 0.242 e. The Morgan fingerprint density at radius 3 is 2.00 bits per heavy atom. The van der Waals surface area contributed by atoms with E-state index < -0.39 is 0 Å². The third kappa shape index (κ3) is 2.73. The number of nitrogens with zero attached hydrogens (tertiary/aromatic N) is 2. The van der Waals surface area contributed by atoms with Gasteiger partial charge in [0.1, 0.15) is 0 Å². The normalized spacial score (nSPS) is 37.0. The van der Waals surface area contributed by atoms with Gasteiger partial charge in [0.2, 0.25) is 0 Å². The Labute approximate surface area is 94.6 Å². The standard InChI is InChI=1S/C13H26N2/c1-11-4-7-14(8-5-11)15-9-6-12(2)10-13(15)3/h11-13H,4-10H2,1-3H3. The van der Waals surface area contributed by atoms with Crippen molar-refractivity contribution >= 4 is 0 Å². The zero-order valence-electron chi connectivity index (χ0n) is 10.6. The summed E-state index contributed by atoms with van der Waals surface area (Å²) in [6.45, 7) is 11.1. The first kappa shape index (κ1) is 11.4.